The van der Waals surface area contributed by atoms with E-state index in [1.807, 2.05) is 0 Å². The zero-order chi connectivity index (χ0) is 24.4. The van der Waals surface area contributed by atoms with Crippen molar-refractivity contribution in [3.8, 4) is 0 Å². The van der Waals surface area contributed by atoms with Crippen LogP contribution in [-0.2, 0) is 37.6 Å². The highest BCUT2D eigenvalue weighted by Gasteiger charge is 2.35. The van der Waals surface area contributed by atoms with E-state index >= 15 is 0 Å². The van der Waals surface area contributed by atoms with Crippen LogP contribution < -0.4 is 5.32 Å². The van der Waals surface area contributed by atoms with Crippen LogP contribution in [0, 0.1) is 12.8 Å². The fraction of sp³-hybridized carbons (Fsp3) is 0.450. The van der Waals surface area contributed by atoms with Gasteiger partial charge in [-0.15, -0.1) is 0 Å². The molecule has 0 atom stereocenters. The molecule has 2 aromatic rings. The number of ether oxygens (including phenoxy) is 1. The minimum atomic E-state index is -4.65. The van der Waals surface area contributed by atoms with Gasteiger partial charge in [-0.25, -0.2) is 13.4 Å². The van der Waals surface area contributed by atoms with E-state index in [2.05, 4.69) is 10.3 Å². The Hall–Kier alpha value is -2.93. The Balaban J connectivity index is 1.51. The number of para-hydroxylation sites is 1. The number of aromatic nitrogens is 2. The number of benzene rings is 1. The number of aryl methyl sites for hydroxylation is 2. The molecule has 2 heterocycles. The average molecular weight is 488 g/mol. The van der Waals surface area contributed by atoms with Crippen LogP contribution in [-0.4, -0.2) is 53.8 Å². The summed E-state index contributed by atoms with van der Waals surface area (Å²) in [6, 6.07) is 4.46. The first-order valence-electron chi connectivity index (χ1n) is 10.0. The number of carbonyl (C=O) groups excluding carboxylic acids is 2. The van der Waals surface area contributed by atoms with Gasteiger partial charge < -0.3 is 14.6 Å². The fourth-order valence-electron chi connectivity index (χ4n) is 3.39. The number of rotatable bonds is 6. The molecular weight excluding hydrogens is 465 g/mol. The lowest BCUT2D eigenvalue weighted by molar-refractivity contribution is -0.152. The molecule has 180 valence electrons. The van der Waals surface area contributed by atoms with E-state index in [0.29, 0.717) is 5.82 Å². The number of hydrogen-bond donors (Lipinski definition) is 1. The Morgan fingerprint density at radius 1 is 1.21 bits per heavy atom. The largest absolute Gasteiger partial charge is 0.455 e. The number of piperidine rings is 1. The number of sulfonamides is 1. The summed E-state index contributed by atoms with van der Waals surface area (Å²) in [6.07, 6.45) is -2.87. The maximum absolute atomic E-state index is 13.0. The second kappa shape index (κ2) is 9.51. The molecule has 1 fully saturated rings. The van der Waals surface area contributed by atoms with Gasteiger partial charge in [0.25, 0.3) is 15.9 Å². The second-order valence-electron chi connectivity index (χ2n) is 7.61. The van der Waals surface area contributed by atoms with E-state index in [0.717, 1.165) is 12.1 Å². The van der Waals surface area contributed by atoms with Gasteiger partial charge >= 0.3 is 12.1 Å². The van der Waals surface area contributed by atoms with E-state index in [4.69, 9.17) is 4.74 Å². The highest BCUT2D eigenvalue weighted by molar-refractivity contribution is 7.89. The average Bonchev–Trinajstić information content (AvgIpc) is 3.11. The topological polar surface area (TPSA) is 111 Å². The minimum Gasteiger partial charge on any atom is -0.455 e. The van der Waals surface area contributed by atoms with E-state index in [-0.39, 0.29) is 31.0 Å². The van der Waals surface area contributed by atoms with Crippen LogP contribution >= 0.6 is 0 Å². The molecule has 9 nitrogen and oxygen atoms in total. The molecule has 1 aliphatic rings. The first kappa shape index (κ1) is 24.7. The molecule has 0 bridgehead atoms. The first-order chi connectivity index (χ1) is 15.4. The molecule has 13 heteroatoms. The highest BCUT2D eigenvalue weighted by Crippen LogP contribution is 2.34. The number of esters is 1. The quantitative estimate of drug-likeness (QED) is 0.625. The predicted octanol–water partition coefficient (Wildman–Crippen LogP) is 2.33. The number of alkyl halides is 3. The summed E-state index contributed by atoms with van der Waals surface area (Å²) in [4.78, 5) is 28.3. The number of hydrogen-bond acceptors (Lipinski definition) is 6. The Bertz CT molecular complexity index is 1120. The zero-order valence-corrected chi connectivity index (χ0v) is 18.7. The van der Waals surface area contributed by atoms with E-state index in [1.165, 1.54) is 22.6 Å². The van der Waals surface area contributed by atoms with Crippen molar-refractivity contribution in [3.05, 3.63) is 41.9 Å². The lowest BCUT2D eigenvalue weighted by atomic mass is 9.98. The molecule has 33 heavy (non-hydrogen) atoms. The molecule has 0 aliphatic carbocycles. The SMILES string of the molecule is Cc1nc(S(=O)(=O)N2CCC(C(=O)OCC(=O)Nc3ccccc3C(F)(F)F)CC2)cn1C. The van der Waals surface area contributed by atoms with E-state index < -0.39 is 51.9 Å². The third-order valence-corrected chi connectivity index (χ3v) is 7.10. The van der Waals surface area contributed by atoms with Crippen molar-refractivity contribution in [1.82, 2.24) is 13.9 Å². The number of nitrogens with one attached hydrogen (secondary N) is 1. The van der Waals surface area contributed by atoms with Gasteiger partial charge in [-0.3, -0.25) is 9.59 Å². The molecule has 1 aliphatic heterocycles. The van der Waals surface area contributed by atoms with Crippen LogP contribution in [0.5, 0.6) is 0 Å². The molecular formula is C20H23F3N4O5S. The van der Waals surface area contributed by atoms with E-state index in [9.17, 15) is 31.2 Å². The standard InChI is InChI=1S/C20H23F3N4O5S/c1-13-24-18(11-26(13)2)33(30,31)27-9-7-14(8-10-27)19(29)32-12-17(28)25-16-6-4-3-5-15(16)20(21,22)23/h3-6,11,14H,7-10,12H2,1-2H3,(H,25,28). The molecule has 1 aromatic heterocycles. The number of imidazole rings is 1. The zero-order valence-electron chi connectivity index (χ0n) is 17.9. The molecule has 3 rings (SSSR count). The van der Waals surface area contributed by atoms with Gasteiger partial charge in [0.1, 0.15) is 5.82 Å². The van der Waals surface area contributed by atoms with Crippen molar-refractivity contribution in [3.63, 3.8) is 0 Å². The van der Waals surface area contributed by atoms with Crippen molar-refractivity contribution >= 4 is 27.6 Å². The molecule has 1 saturated heterocycles. The lowest BCUT2D eigenvalue weighted by Crippen LogP contribution is -2.41. The van der Waals surface area contributed by atoms with Crippen molar-refractivity contribution in [2.24, 2.45) is 13.0 Å². The van der Waals surface area contributed by atoms with Crippen LogP contribution in [0.2, 0.25) is 0 Å². The molecule has 0 unspecified atom stereocenters. The smallest absolute Gasteiger partial charge is 0.418 e. The van der Waals surface area contributed by atoms with Gasteiger partial charge in [-0.05, 0) is 31.9 Å². The van der Waals surface area contributed by atoms with Crippen molar-refractivity contribution < 1.29 is 35.9 Å². The summed E-state index contributed by atoms with van der Waals surface area (Å²) in [5.74, 6) is -1.70. The van der Waals surface area contributed by atoms with Crippen LogP contribution in [0.3, 0.4) is 0 Å². The maximum atomic E-state index is 13.0. The molecule has 0 radical (unpaired) electrons. The number of nitrogens with zero attached hydrogens (tertiary/aromatic N) is 3. The molecule has 0 spiro atoms. The normalized spacial score (nSPS) is 15.9. The molecule has 1 N–H and O–H groups in total. The summed E-state index contributed by atoms with van der Waals surface area (Å²) in [5, 5.41) is 2.02. The Morgan fingerprint density at radius 3 is 2.42 bits per heavy atom. The minimum absolute atomic E-state index is 0.0701. The summed E-state index contributed by atoms with van der Waals surface area (Å²) in [5.41, 5.74) is -1.45. The fourth-order valence-corrected chi connectivity index (χ4v) is 4.89. The second-order valence-corrected chi connectivity index (χ2v) is 9.50. The molecule has 0 saturated carbocycles. The van der Waals surface area contributed by atoms with Crippen LogP contribution in [0.15, 0.2) is 35.5 Å². The monoisotopic (exact) mass is 488 g/mol. The molecule has 1 aromatic carbocycles. The number of amides is 1. The van der Waals surface area contributed by atoms with Gasteiger partial charge in [-0.2, -0.15) is 17.5 Å². The Morgan fingerprint density at radius 2 is 1.85 bits per heavy atom. The van der Waals surface area contributed by atoms with Gasteiger partial charge in [0.05, 0.1) is 17.2 Å². The van der Waals surface area contributed by atoms with E-state index in [1.54, 1.807) is 18.5 Å². The lowest BCUT2D eigenvalue weighted by Gasteiger charge is -2.29. The summed E-state index contributed by atoms with van der Waals surface area (Å²) < 4.78 is 72.2. The Kier molecular flexibility index (Phi) is 7.12. The summed E-state index contributed by atoms with van der Waals surface area (Å²) in [7, 11) is -2.11. The first-order valence-corrected chi connectivity index (χ1v) is 11.5. The van der Waals surface area contributed by atoms with Gasteiger partial charge in [0.15, 0.2) is 11.6 Å². The van der Waals surface area contributed by atoms with Gasteiger partial charge in [0, 0.05) is 26.3 Å². The van der Waals surface area contributed by atoms with Gasteiger partial charge in [0.2, 0.25) is 0 Å². The maximum Gasteiger partial charge on any atom is 0.418 e. The summed E-state index contributed by atoms with van der Waals surface area (Å²) >= 11 is 0. The third kappa shape index (κ3) is 5.71. The number of carbonyl (C=O) groups is 2. The number of halogens is 3. The molecule has 1 amide bonds. The van der Waals surface area contributed by atoms with Crippen LogP contribution in [0.1, 0.15) is 24.2 Å². The van der Waals surface area contributed by atoms with Crippen molar-refractivity contribution in [2.75, 3.05) is 25.0 Å². The summed E-state index contributed by atoms with van der Waals surface area (Å²) in [6.45, 7) is 1.07. The van der Waals surface area contributed by atoms with Crippen molar-refractivity contribution in [1.29, 1.82) is 0 Å². The number of anilines is 1. The van der Waals surface area contributed by atoms with Crippen LogP contribution in [0.4, 0.5) is 18.9 Å². The third-order valence-electron chi connectivity index (χ3n) is 5.33. The van der Waals surface area contributed by atoms with Gasteiger partial charge in [-0.1, -0.05) is 12.1 Å². The van der Waals surface area contributed by atoms with Crippen molar-refractivity contribution in [2.45, 2.75) is 31.0 Å². The van der Waals surface area contributed by atoms with Crippen LogP contribution in [0.25, 0.3) is 0 Å². The Labute approximate surface area is 188 Å². The predicted molar refractivity (Wildman–Crippen MR) is 110 cm³/mol. The highest BCUT2D eigenvalue weighted by atomic mass is 32.2.